The highest BCUT2D eigenvalue weighted by Gasteiger charge is 2.50. The van der Waals surface area contributed by atoms with Crippen molar-refractivity contribution in [2.75, 3.05) is 0 Å². The molecule has 0 aromatic heterocycles. The Morgan fingerprint density at radius 2 is 0.612 bits per heavy atom. The van der Waals surface area contributed by atoms with E-state index < -0.39 is 116 Å². The highest BCUT2D eigenvalue weighted by molar-refractivity contribution is 7.81. The molecule has 0 spiro atoms. The molecular weight excluding hydrogens is 747 g/mol. The Morgan fingerprint density at radius 3 is 0.816 bits per heavy atom. The summed E-state index contributed by atoms with van der Waals surface area (Å²) >= 11 is -4.45. The van der Waals surface area contributed by atoms with E-state index in [0.29, 0.717) is 18.2 Å². The summed E-state index contributed by atoms with van der Waals surface area (Å²) in [6.45, 7) is 0. The fraction of sp³-hybridized carbons (Fsp3) is 0. The lowest BCUT2D eigenvalue weighted by Crippen LogP contribution is -2.35. The zero-order valence-corrected chi connectivity index (χ0v) is 27.0. The molecule has 3 rings (SSSR count). The third-order valence-electron chi connectivity index (χ3n) is 5.15. The lowest BCUT2D eigenvalue weighted by molar-refractivity contribution is 0.0408. The first kappa shape index (κ1) is 38.2. The summed E-state index contributed by atoms with van der Waals surface area (Å²) in [5.41, 5.74) is -3.50. The second kappa shape index (κ2) is 15.3. The molecule has 3 aromatic rings. The van der Waals surface area contributed by atoms with Crippen molar-refractivity contribution in [1.29, 1.82) is 0 Å². The third kappa shape index (κ3) is 12.4. The Bertz CT molecular complexity index is 1930. The van der Waals surface area contributed by atoms with Gasteiger partial charge >= 0.3 is 82.2 Å². The van der Waals surface area contributed by atoms with E-state index in [1.807, 2.05) is 0 Å². The number of hydrogen-bond donors (Lipinski definition) is 3. The molecule has 0 atom stereocenters. The van der Waals surface area contributed by atoms with Crippen molar-refractivity contribution >= 4 is 82.2 Å². The van der Waals surface area contributed by atoms with E-state index in [-0.39, 0.29) is 0 Å². The van der Waals surface area contributed by atoms with Crippen LogP contribution >= 0.6 is 0 Å². The summed E-state index contributed by atoms with van der Waals surface area (Å²) in [6.07, 6.45) is 0. The Labute approximate surface area is 279 Å². The van der Waals surface area contributed by atoms with E-state index in [9.17, 15) is 54.0 Å². The lowest BCUT2D eigenvalue weighted by atomic mass is 10.1. The van der Waals surface area contributed by atoms with Crippen molar-refractivity contribution in [2.45, 2.75) is 0 Å². The maximum absolute atomic E-state index is 12.9. The first-order chi connectivity index (χ1) is 22.6. The van der Waals surface area contributed by atoms with Crippen LogP contribution < -0.4 is 0 Å². The monoisotopic (exact) mass is 762 g/mol. The molecule has 0 unspecified atom stereocenters. The van der Waals surface area contributed by atoms with Gasteiger partial charge in [0.05, 0.1) is 33.4 Å². The molecule has 0 bridgehead atoms. The Morgan fingerprint density at radius 1 is 0.408 bits per heavy atom. The predicted octanol–water partition coefficient (Wildman–Crippen LogP) is 0.421. The van der Waals surface area contributed by atoms with Gasteiger partial charge in [-0.2, -0.15) is 25.3 Å². The minimum atomic E-state index is -5.25. The first-order valence-corrected chi connectivity index (χ1v) is 17.7. The summed E-state index contributed by atoms with van der Waals surface area (Å²) in [7, 11) is -15.8. The average Bonchev–Trinajstić information content (AvgIpc) is 2.98. The second-order valence-electron chi connectivity index (χ2n) is 8.64. The highest BCUT2D eigenvalue weighted by atomic mass is 32.3. The molecule has 21 nitrogen and oxygen atoms in total. The number of rotatable bonds is 12. The fourth-order valence-corrected chi connectivity index (χ4v) is 5.23. The third-order valence-corrected chi connectivity index (χ3v) is 7.46. The molecule has 0 saturated carbocycles. The van der Waals surface area contributed by atoms with Crippen molar-refractivity contribution in [1.82, 2.24) is 0 Å². The molecule has 0 amide bonds. The van der Waals surface area contributed by atoms with E-state index in [4.69, 9.17) is 25.0 Å². The standard InChI is InChI=1S/3C8H6O7S.Al/c3*9-7(10)5-2-1-3-6(4-5)8(11)15-16(12,13)14;/h3*1-4H,(H,9,10)(H,12,13,14);/q;;;+3/p-3. The van der Waals surface area contributed by atoms with Gasteiger partial charge in [0.2, 0.25) is 0 Å². The van der Waals surface area contributed by atoms with Crippen molar-refractivity contribution in [2.24, 2.45) is 0 Å². The number of carbonyl (C=O) groups excluding carboxylic acids is 6. The van der Waals surface area contributed by atoms with Crippen molar-refractivity contribution in [3.05, 3.63) is 106 Å². The summed E-state index contributed by atoms with van der Waals surface area (Å²) in [6, 6.07) is 11.1. The van der Waals surface area contributed by atoms with Gasteiger partial charge in [-0.25, -0.2) is 28.8 Å². The van der Waals surface area contributed by atoms with Crippen LogP contribution in [0.2, 0.25) is 0 Å². The molecule has 49 heavy (non-hydrogen) atoms. The van der Waals surface area contributed by atoms with Gasteiger partial charge in [0.25, 0.3) is 0 Å². The zero-order chi connectivity index (χ0) is 36.7. The van der Waals surface area contributed by atoms with Gasteiger partial charge in [0, 0.05) is 0 Å². The molecule has 0 radical (unpaired) electrons. The topological polar surface area (TPSA) is 321 Å². The predicted molar refractivity (Wildman–Crippen MR) is 152 cm³/mol. The molecule has 0 aliphatic heterocycles. The SMILES string of the molecule is O=C([O][Al]([O]C(=O)c1cccc(C(=O)OS(=O)(=O)O)c1)[O]C(=O)c1cccc(C(=O)OS(=O)(=O)O)c1)c1cccc(C(=O)OS(=O)(=O)O)c1. The van der Waals surface area contributed by atoms with Crippen LogP contribution in [0.1, 0.15) is 62.1 Å². The smallest absolute Gasteiger partial charge is 0.547 e. The molecule has 3 N–H and O–H groups in total. The van der Waals surface area contributed by atoms with Crippen molar-refractivity contribution in [3.63, 3.8) is 0 Å². The molecule has 0 heterocycles. The first-order valence-electron chi connectivity index (χ1n) is 12.2. The number of benzene rings is 3. The molecule has 0 aliphatic rings. The minimum absolute atomic E-state index is 0.556. The van der Waals surface area contributed by atoms with E-state index in [1.54, 1.807) is 0 Å². The second-order valence-corrected chi connectivity index (χ2v) is 13.0. The van der Waals surface area contributed by atoms with E-state index >= 15 is 0 Å². The van der Waals surface area contributed by atoms with Gasteiger partial charge in [-0.1, -0.05) is 18.2 Å². The maximum Gasteiger partial charge on any atom is 1.20 e. The van der Waals surface area contributed by atoms with Gasteiger partial charge in [-0.3, -0.25) is 13.7 Å². The quantitative estimate of drug-likeness (QED) is 0.166. The van der Waals surface area contributed by atoms with Crippen LogP contribution in [-0.2, 0) is 55.1 Å². The maximum atomic E-state index is 12.9. The summed E-state index contributed by atoms with van der Waals surface area (Å²) < 4.78 is 118. The van der Waals surface area contributed by atoms with Gasteiger partial charge < -0.3 is 23.9 Å². The fourth-order valence-electron chi connectivity index (χ4n) is 3.29. The lowest BCUT2D eigenvalue weighted by Gasteiger charge is -2.14. The number of carbonyl (C=O) groups is 6. The van der Waals surface area contributed by atoms with Gasteiger partial charge in [-0.15, -0.1) is 0 Å². The van der Waals surface area contributed by atoms with E-state index in [0.717, 1.165) is 54.6 Å². The van der Waals surface area contributed by atoms with Crippen molar-refractivity contribution in [3.8, 4) is 0 Å². The van der Waals surface area contributed by atoms with Crippen LogP contribution in [0.3, 0.4) is 0 Å². The molecule has 25 heteroatoms. The molecule has 3 aromatic carbocycles. The van der Waals surface area contributed by atoms with Gasteiger partial charge in [0.1, 0.15) is 0 Å². The average molecular weight is 763 g/mol. The molecular formula is C24H15AlO21S3. The Kier molecular flexibility index (Phi) is 11.9. The number of hydrogen-bond acceptors (Lipinski definition) is 18. The van der Waals surface area contributed by atoms with Crippen molar-refractivity contribution < 1.29 is 91.6 Å². The van der Waals surface area contributed by atoms with E-state index in [2.05, 4.69) is 12.5 Å². The normalized spacial score (nSPS) is 11.3. The Balaban J connectivity index is 1.92. The Hall–Kier alpha value is -5.26. The van der Waals surface area contributed by atoms with Crippen LogP contribution in [0.15, 0.2) is 72.8 Å². The summed E-state index contributed by atoms with van der Waals surface area (Å²) in [5.74, 6) is -9.30. The van der Waals surface area contributed by atoms with Crippen LogP contribution in [0.5, 0.6) is 0 Å². The largest absolute Gasteiger partial charge is 1.20 e. The van der Waals surface area contributed by atoms with Crippen LogP contribution in [-0.4, -0.2) is 89.9 Å². The van der Waals surface area contributed by atoms with Crippen LogP contribution in [0, 0.1) is 0 Å². The minimum Gasteiger partial charge on any atom is -0.547 e. The zero-order valence-electron chi connectivity index (χ0n) is 23.4. The molecule has 0 fully saturated rings. The molecule has 0 aliphatic carbocycles. The van der Waals surface area contributed by atoms with Crippen LogP contribution in [0.25, 0.3) is 0 Å². The molecule has 0 saturated heterocycles. The van der Waals surface area contributed by atoms with Gasteiger partial charge in [0.15, 0.2) is 0 Å². The highest BCUT2D eigenvalue weighted by Crippen LogP contribution is 2.16. The van der Waals surface area contributed by atoms with Gasteiger partial charge in [-0.05, 0) is 54.6 Å². The van der Waals surface area contributed by atoms with E-state index in [1.165, 1.54) is 0 Å². The van der Waals surface area contributed by atoms with Crippen LogP contribution in [0.4, 0.5) is 0 Å². The molecule has 258 valence electrons. The summed E-state index contributed by atoms with van der Waals surface area (Å²) in [4.78, 5) is 74.7. The summed E-state index contributed by atoms with van der Waals surface area (Å²) in [5, 5.41) is 0.